The largest absolute Gasteiger partial charge is 0.484 e. The van der Waals surface area contributed by atoms with E-state index < -0.39 is 17.9 Å². The lowest BCUT2D eigenvalue weighted by Crippen LogP contribution is -2.47. The average molecular weight is 516 g/mol. The van der Waals surface area contributed by atoms with Crippen molar-refractivity contribution in [1.82, 2.24) is 10.7 Å². The van der Waals surface area contributed by atoms with E-state index in [4.69, 9.17) is 32.4 Å². The molecule has 0 bridgehead atoms. The lowest BCUT2D eigenvalue weighted by atomic mass is 10.0. The molecule has 35 heavy (non-hydrogen) atoms. The van der Waals surface area contributed by atoms with Gasteiger partial charge in [0.2, 0.25) is 0 Å². The quantitative estimate of drug-likeness (QED) is 0.270. The number of halogens is 2. The highest BCUT2D eigenvalue weighted by molar-refractivity contribution is 6.43. The summed E-state index contributed by atoms with van der Waals surface area (Å²) < 4.78 is 11.3. The molecule has 0 radical (unpaired) electrons. The normalized spacial score (nSPS) is 12.1. The third-order valence-electron chi connectivity index (χ3n) is 5.02. The van der Waals surface area contributed by atoms with Crippen LogP contribution in [0.1, 0.15) is 31.6 Å². The molecule has 0 aliphatic rings. The van der Waals surface area contributed by atoms with Gasteiger partial charge < -0.3 is 14.5 Å². The Morgan fingerprint density at radius 3 is 2.60 bits per heavy atom. The average Bonchev–Trinajstić information content (AvgIpc) is 3.28. The van der Waals surface area contributed by atoms with Gasteiger partial charge in [-0.05, 0) is 55.2 Å². The van der Waals surface area contributed by atoms with Crippen molar-refractivity contribution < 1.29 is 18.7 Å². The van der Waals surface area contributed by atoms with E-state index in [1.54, 1.807) is 36.4 Å². The fourth-order valence-corrected chi connectivity index (χ4v) is 3.69. The molecule has 0 unspecified atom stereocenters. The first kappa shape index (κ1) is 26.3. The first-order valence-electron chi connectivity index (χ1n) is 11.1. The van der Waals surface area contributed by atoms with Crippen LogP contribution < -0.4 is 15.5 Å². The molecule has 1 heterocycles. The third kappa shape index (κ3) is 7.60. The summed E-state index contributed by atoms with van der Waals surface area (Å²) in [6.07, 6.45) is 1.81. The van der Waals surface area contributed by atoms with Crippen LogP contribution in [-0.2, 0) is 9.59 Å². The molecule has 3 aromatic rings. The molecule has 0 aliphatic carbocycles. The topological polar surface area (TPSA) is 92.9 Å². The highest BCUT2D eigenvalue weighted by Crippen LogP contribution is 2.34. The molecule has 9 heteroatoms. The van der Waals surface area contributed by atoms with Gasteiger partial charge in [0, 0.05) is 5.56 Å². The van der Waals surface area contributed by atoms with Crippen molar-refractivity contribution in [2.24, 2.45) is 11.0 Å². The maximum atomic E-state index is 12.7. The van der Waals surface area contributed by atoms with Gasteiger partial charge in [-0.2, -0.15) is 5.10 Å². The van der Waals surface area contributed by atoms with Gasteiger partial charge >= 0.3 is 0 Å². The molecule has 7 nitrogen and oxygen atoms in total. The zero-order valence-electron chi connectivity index (χ0n) is 19.7. The number of benzene rings is 2. The number of para-hydroxylation sites is 1. The van der Waals surface area contributed by atoms with Crippen LogP contribution in [0.2, 0.25) is 10.0 Å². The van der Waals surface area contributed by atoms with Crippen molar-refractivity contribution >= 4 is 41.2 Å². The zero-order valence-corrected chi connectivity index (χ0v) is 21.2. The highest BCUT2D eigenvalue weighted by Gasteiger charge is 2.22. The molecule has 0 fully saturated rings. The summed E-state index contributed by atoms with van der Waals surface area (Å²) in [4.78, 5) is 25.1. The van der Waals surface area contributed by atoms with Gasteiger partial charge in [-0.25, -0.2) is 5.43 Å². The van der Waals surface area contributed by atoms with Gasteiger partial charge in [0.05, 0.1) is 16.3 Å². The SMILES string of the molecule is Cc1ccccc1OCC(=O)N[C@H](CC(C)C)C(=O)N/N=C\c1ccc(-c2cccc(Cl)c2Cl)o1. The molecule has 2 aromatic carbocycles. The Balaban J connectivity index is 1.58. The van der Waals surface area contributed by atoms with Crippen molar-refractivity contribution in [2.75, 3.05) is 6.61 Å². The predicted octanol–water partition coefficient (Wildman–Crippen LogP) is 5.62. The number of ether oxygens (including phenoxy) is 1. The molecule has 1 atom stereocenters. The number of hydrogen-bond donors (Lipinski definition) is 2. The second-order valence-electron chi connectivity index (χ2n) is 8.34. The number of furan rings is 1. The maximum absolute atomic E-state index is 12.7. The van der Waals surface area contributed by atoms with Crippen molar-refractivity contribution in [2.45, 2.75) is 33.2 Å². The molecule has 2 amide bonds. The van der Waals surface area contributed by atoms with E-state index in [0.29, 0.717) is 39.3 Å². The first-order chi connectivity index (χ1) is 16.7. The molecular formula is C26H27Cl2N3O4. The number of nitrogens with one attached hydrogen (secondary N) is 2. The summed E-state index contributed by atoms with van der Waals surface area (Å²) in [6.45, 7) is 5.62. The molecule has 184 valence electrons. The van der Waals surface area contributed by atoms with Crippen LogP contribution in [0.5, 0.6) is 5.75 Å². The second kappa shape index (κ2) is 12.4. The van der Waals surface area contributed by atoms with E-state index in [9.17, 15) is 9.59 Å². The van der Waals surface area contributed by atoms with E-state index in [-0.39, 0.29) is 12.5 Å². The summed E-state index contributed by atoms with van der Waals surface area (Å²) in [7, 11) is 0. The molecule has 2 N–H and O–H groups in total. The lowest BCUT2D eigenvalue weighted by Gasteiger charge is -2.19. The van der Waals surface area contributed by atoms with Gasteiger partial charge in [0.15, 0.2) is 6.61 Å². The number of nitrogens with zero attached hydrogens (tertiary/aromatic N) is 1. The molecule has 0 spiro atoms. The maximum Gasteiger partial charge on any atom is 0.262 e. The van der Waals surface area contributed by atoms with E-state index in [1.165, 1.54) is 6.21 Å². The zero-order chi connectivity index (χ0) is 25.4. The minimum Gasteiger partial charge on any atom is -0.484 e. The Hall–Kier alpha value is -3.29. The number of hydrazone groups is 1. The highest BCUT2D eigenvalue weighted by atomic mass is 35.5. The van der Waals surface area contributed by atoms with Crippen LogP contribution in [0.3, 0.4) is 0 Å². The van der Waals surface area contributed by atoms with Crippen LogP contribution in [0.4, 0.5) is 0 Å². The summed E-state index contributed by atoms with van der Waals surface area (Å²) in [5.41, 5.74) is 4.03. The Morgan fingerprint density at radius 2 is 1.86 bits per heavy atom. The Kier molecular flexibility index (Phi) is 9.34. The van der Waals surface area contributed by atoms with Crippen LogP contribution in [-0.4, -0.2) is 30.7 Å². The van der Waals surface area contributed by atoms with Crippen LogP contribution in [0.15, 0.2) is 64.1 Å². The monoisotopic (exact) mass is 515 g/mol. The number of aryl methyl sites for hydroxylation is 1. The predicted molar refractivity (Wildman–Crippen MR) is 138 cm³/mol. The van der Waals surface area contributed by atoms with Crippen LogP contribution >= 0.6 is 23.2 Å². The third-order valence-corrected chi connectivity index (χ3v) is 5.84. The van der Waals surface area contributed by atoms with Crippen LogP contribution in [0.25, 0.3) is 11.3 Å². The van der Waals surface area contributed by atoms with Crippen molar-refractivity contribution in [3.05, 3.63) is 76.0 Å². The summed E-state index contributed by atoms with van der Waals surface area (Å²) in [5.74, 6) is 0.878. The summed E-state index contributed by atoms with van der Waals surface area (Å²) in [6, 6.07) is 15.3. The van der Waals surface area contributed by atoms with Gasteiger partial charge in [-0.3, -0.25) is 9.59 Å². The van der Waals surface area contributed by atoms with E-state index in [0.717, 1.165) is 5.56 Å². The number of carbonyl (C=O) groups is 2. The smallest absolute Gasteiger partial charge is 0.262 e. The molecule has 0 saturated carbocycles. The van der Waals surface area contributed by atoms with E-state index >= 15 is 0 Å². The second-order valence-corrected chi connectivity index (χ2v) is 9.13. The van der Waals surface area contributed by atoms with Crippen molar-refractivity contribution in [1.29, 1.82) is 0 Å². The number of hydrogen-bond acceptors (Lipinski definition) is 5. The number of rotatable bonds is 10. The summed E-state index contributed by atoms with van der Waals surface area (Å²) in [5, 5.41) is 7.50. The minimum absolute atomic E-state index is 0.169. The minimum atomic E-state index is -0.766. The fraction of sp³-hybridized carbons (Fsp3) is 0.269. The molecule has 3 rings (SSSR count). The van der Waals surface area contributed by atoms with Gasteiger partial charge in [0.25, 0.3) is 11.8 Å². The number of amides is 2. The lowest BCUT2D eigenvalue weighted by molar-refractivity contribution is -0.130. The molecule has 1 aromatic heterocycles. The molecule has 0 saturated heterocycles. The Bertz CT molecular complexity index is 1210. The van der Waals surface area contributed by atoms with Gasteiger partial charge in [-0.1, -0.05) is 61.3 Å². The van der Waals surface area contributed by atoms with E-state index in [2.05, 4.69) is 15.8 Å². The van der Waals surface area contributed by atoms with Gasteiger partial charge in [-0.15, -0.1) is 0 Å². The summed E-state index contributed by atoms with van der Waals surface area (Å²) >= 11 is 12.3. The fourth-order valence-electron chi connectivity index (χ4n) is 3.30. The van der Waals surface area contributed by atoms with Crippen molar-refractivity contribution in [3.63, 3.8) is 0 Å². The Morgan fingerprint density at radius 1 is 1.09 bits per heavy atom. The standard InChI is InChI=1S/C26H27Cl2N3O4/c1-16(2)13-21(30-24(32)15-34-22-10-5-4-7-17(22)3)26(33)31-29-14-18-11-12-23(35-18)19-8-6-9-20(27)25(19)28/h4-12,14,16,21H,13,15H2,1-3H3,(H,30,32)(H,31,33)/b29-14-/t21-/m1/s1. The van der Waals surface area contributed by atoms with Gasteiger partial charge in [0.1, 0.15) is 23.3 Å². The van der Waals surface area contributed by atoms with Crippen LogP contribution in [0, 0.1) is 12.8 Å². The molecule has 0 aliphatic heterocycles. The van der Waals surface area contributed by atoms with E-state index in [1.807, 2.05) is 39.0 Å². The number of carbonyl (C=O) groups excluding carboxylic acids is 2. The molecular weight excluding hydrogens is 489 g/mol. The van der Waals surface area contributed by atoms with Crippen molar-refractivity contribution in [3.8, 4) is 17.1 Å². The first-order valence-corrected chi connectivity index (χ1v) is 11.8. The Labute approximate surface area is 214 Å².